The number of rotatable bonds is 6. The number of aromatic nitrogens is 2. The van der Waals surface area contributed by atoms with Crippen LogP contribution >= 0.6 is 0 Å². The van der Waals surface area contributed by atoms with Gasteiger partial charge in [-0.2, -0.15) is 5.10 Å². The molecule has 0 fully saturated rings. The van der Waals surface area contributed by atoms with Crippen LogP contribution in [0.2, 0.25) is 0 Å². The second-order valence-corrected chi connectivity index (χ2v) is 4.37. The molecular weight excluding hydrogens is 245 g/mol. The lowest BCUT2D eigenvalue weighted by Crippen LogP contribution is -2.20. The maximum Gasteiger partial charge on any atom is 0.129 e. The number of benzene rings is 1. The smallest absolute Gasteiger partial charge is 0.129 e. The minimum absolute atomic E-state index is 0.226. The zero-order chi connectivity index (χ0) is 13.7. The van der Waals surface area contributed by atoms with Crippen LogP contribution in [0, 0.1) is 12.7 Å². The molecule has 0 unspecified atom stereocenters. The Balaban J connectivity index is 2.21. The summed E-state index contributed by atoms with van der Waals surface area (Å²) in [7, 11) is 1.64. The summed E-state index contributed by atoms with van der Waals surface area (Å²) in [5, 5.41) is 7.38. The van der Waals surface area contributed by atoms with Gasteiger partial charge in [0.1, 0.15) is 5.82 Å². The average molecular weight is 263 g/mol. The summed E-state index contributed by atoms with van der Waals surface area (Å²) >= 11 is 0. The number of methoxy groups -OCH3 is 1. The molecule has 2 aromatic rings. The van der Waals surface area contributed by atoms with Gasteiger partial charge in [-0.1, -0.05) is 6.07 Å². The Labute approximate surface area is 112 Å². The molecule has 0 aliphatic heterocycles. The van der Waals surface area contributed by atoms with Gasteiger partial charge in [0.15, 0.2) is 0 Å². The normalized spacial score (nSPS) is 10.9. The Hall–Kier alpha value is -1.72. The van der Waals surface area contributed by atoms with E-state index in [0.29, 0.717) is 25.3 Å². The second kappa shape index (κ2) is 6.45. The predicted molar refractivity (Wildman–Crippen MR) is 71.8 cm³/mol. The number of hydrogen-bond donors (Lipinski definition) is 1. The van der Waals surface area contributed by atoms with E-state index in [2.05, 4.69) is 10.4 Å². The van der Waals surface area contributed by atoms with Gasteiger partial charge in [-0.05, 0) is 24.6 Å². The van der Waals surface area contributed by atoms with Crippen molar-refractivity contribution in [2.45, 2.75) is 13.5 Å². The van der Waals surface area contributed by atoms with Gasteiger partial charge in [-0.3, -0.25) is 0 Å². The Morgan fingerprint density at radius 1 is 1.42 bits per heavy atom. The Morgan fingerprint density at radius 3 is 2.95 bits per heavy atom. The van der Waals surface area contributed by atoms with E-state index >= 15 is 0 Å². The third kappa shape index (κ3) is 3.39. The van der Waals surface area contributed by atoms with Crippen LogP contribution in [0.5, 0.6) is 0 Å². The molecule has 0 amide bonds. The van der Waals surface area contributed by atoms with Crippen LogP contribution in [0.15, 0.2) is 30.6 Å². The van der Waals surface area contributed by atoms with E-state index in [9.17, 15) is 4.39 Å². The highest BCUT2D eigenvalue weighted by Gasteiger charge is 2.10. The molecule has 102 valence electrons. The summed E-state index contributed by atoms with van der Waals surface area (Å²) in [5.74, 6) is -0.226. The quantitative estimate of drug-likeness (QED) is 0.811. The Kier molecular flexibility index (Phi) is 4.65. The summed E-state index contributed by atoms with van der Waals surface area (Å²) in [6.07, 6.45) is 3.64. The van der Waals surface area contributed by atoms with E-state index in [1.165, 1.54) is 6.07 Å². The summed E-state index contributed by atoms with van der Waals surface area (Å²) in [6, 6.07) is 5.02. The molecule has 4 nitrogen and oxygen atoms in total. The van der Waals surface area contributed by atoms with Gasteiger partial charge < -0.3 is 10.1 Å². The topological polar surface area (TPSA) is 39.1 Å². The van der Waals surface area contributed by atoms with Gasteiger partial charge in [0.05, 0.1) is 18.5 Å². The van der Waals surface area contributed by atoms with Gasteiger partial charge in [-0.25, -0.2) is 9.07 Å². The van der Waals surface area contributed by atoms with Crippen LogP contribution in [-0.2, 0) is 11.3 Å². The third-order valence-electron chi connectivity index (χ3n) is 2.84. The molecule has 0 aliphatic rings. The standard InChI is InChI=1S/C14H18FN3O/c1-11-8-17-18(10-11)14-5-3-4-13(15)12(14)9-16-6-7-19-2/h3-5,8,10,16H,6-7,9H2,1-2H3. The highest BCUT2D eigenvalue weighted by molar-refractivity contribution is 5.41. The van der Waals surface area contributed by atoms with Crippen LogP contribution in [0.25, 0.3) is 5.69 Å². The maximum atomic E-state index is 13.9. The van der Waals surface area contributed by atoms with Crippen molar-refractivity contribution in [3.63, 3.8) is 0 Å². The van der Waals surface area contributed by atoms with E-state index in [1.807, 2.05) is 19.2 Å². The fraction of sp³-hybridized carbons (Fsp3) is 0.357. The highest BCUT2D eigenvalue weighted by atomic mass is 19.1. The molecule has 0 spiro atoms. The first-order chi connectivity index (χ1) is 9.22. The van der Waals surface area contributed by atoms with Crippen LogP contribution in [0.3, 0.4) is 0 Å². The zero-order valence-electron chi connectivity index (χ0n) is 11.2. The Morgan fingerprint density at radius 2 is 2.26 bits per heavy atom. The number of nitrogens with zero attached hydrogens (tertiary/aromatic N) is 2. The molecule has 2 rings (SSSR count). The number of nitrogens with one attached hydrogen (secondary N) is 1. The minimum atomic E-state index is -0.226. The van der Waals surface area contributed by atoms with E-state index in [1.54, 1.807) is 24.1 Å². The zero-order valence-corrected chi connectivity index (χ0v) is 11.2. The lowest BCUT2D eigenvalue weighted by molar-refractivity contribution is 0.199. The van der Waals surface area contributed by atoms with Crippen molar-refractivity contribution < 1.29 is 9.13 Å². The van der Waals surface area contributed by atoms with Crippen molar-refractivity contribution in [2.75, 3.05) is 20.3 Å². The van der Waals surface area contributed by atoms with Gasteiger partial charge in [-0.15, -0.1) is 0 Å². The summed E-state index contributed by atoms with van der Waals surface area (Å²) in [4.78, 5) is 0. The van der Waals surface area contributed by atoms with Crippen LogP contribution in [-0.4, -0.2) is 30.0 Å². The van der Waals surface area contributed by atoms with Crippen molar-refractivity contribution in [1.29, 1.82) is 0 Å². The SMILES string of the molecule is COCCNCc1c(F)cccc1-n1cc(C)cn1. The molecule has 1 heterocycles. The molecule has 1 aromatic heterocycles. The Bertz CT molecular complexity index is 539. The van der Waals surface area contributed by atoms with Gasteiger partial charge in [0, 0.05) is 32.0 Å². The summed E-state index contributed by atoms with van der Waals surface area (Å²) in [6.45, 7) is 3.69. The van der Waals surface area contributed by atoms with Crippen molar-refractivity contribution in [1.82, 2.24) is 15.1 Å². The maximum absolute atomic E-state index is 13.9. The highest BCUT2D eigenvalue weighted by Crippen LogP contribution is 2.17. The molecule has 0 saturated heterocycles. The molecule has 19 heavy (non-hydrogen) atoms. The molecule has 0 bridgehead atoms. The molecule has 1 aromatic carbocycles. The average Bonchev–Trinajstić information content (AvgIpc) is 2.82. The molecule has 5 heteroatoms. The number of ether oxygens (including phenoxy) is 1. The fourth-order valence-corrected chi connectivity index (χ4v) is 1.87. The molecule has 0 atom stereocenters. The first-order valence-corrected chi connectivity index (χ1v) is 6.21. The lowest BCUT2D eigenvalue weighted by Gasteiger charge is -2.11. The minimum Gasteiger partial charge on any atom is -0.383 e. The van der Waals surface area contributed by atoms with Crippen molar-refractivity contribution in [3.8, 4) is 5.69 Å². The molecule has 0 saturated carbocycles. The van der Waals surface area contributed by atoms with Crippen molar-refractivity contribution >= 4 is 0 Å². The van der Waals surface area contributed by atoms with E-state index in [4.69, 9.17) is 4.74 Å². The summed E-state index contributed by atoms with van der Waals surface area (Å²) in [5.41, 5.74) is 2.42. The second-order valence-electron chi connectivity index (χ2n) is 4.37. The predicted octanol–water partition coefficient (Wildman–Crippen LogP) is 2.06. The van der Waals surface area contributed by atoms with Crippen molar-refractivity contribution in [2.24, 2.45) is 0 Å². The monoisotopic (exact) mass is 263 g/mol. The van der Waals surface area contributed by atoms with E-state index < -0.39 is 0 Å². The van der Waals surface area contributed by atoms with Gasteiger partial charge in [0.25, 0.3) is 0 Å². The van der Waals surface area contributed by atoms with Crippen LogP contribution in [0.4, 0.5) is 4.39 Å². The van der Waals surface area contributed by atoms with E-state index in [0.717, 1.165) is 11.3 Å². The number of hydrogen-bond acceptors (Lipinski definition) is 3. The van der Waals surface area contributed by atoms with Crippen LogP contribution in [0.1, 0.15) is 11.1 Å². The van der Waals surface area contributed by atoms with Gasteiger partial charge in [0.2, 0.25) is 0 Å². The number of halogens is 1. The van der Waals surface area contributed by atoms with Crippen molar-refractivity contribution in [3.05, 3.63) is 47.5 Å². The molecule has 1 N–H and O–H groups in total. The fourth-order valence-electron chi connectivity index (χ4n) is 1.87. The first kappa shape index (κ1) is 13.7. The van der Waals surface area contributed by atoms with Crippen LogP contribution < -0.4 is 5.32 Å². The largest absolute Gasteiger partial charge is 0.383 e. The lowest BCUT2D eigenvalue weighted by atomic mass is 10.1. The molecule has 0 radical (unpaired) electrons. The summed E-state index contributed by atoms with van der Waals surface area (Å²) < 4.78 is 20.6. The number of aryl methyl sites for hydroxylation is 1. The molecule has 0 aliphatic carbocycles. The molecular formula is C14H18FN3O. The first-order valence-electron chi connectivity index (χ1n) is 6.21. The van der Waals surface area contributed by atoms with Gasteiger partial charge >= 0.3 is 0 Å². The van der Waals surface area contributed by atoms with E-state index in [-0.39, 0.29) is 5.82 Å². The third-order valence-corrected chi connectivity index (χ3v) is 2.84.